The van der Waals surface area contributed by atoms with Gasteiger partial charge >= 0.3 is 5.97 Å². The van der Waals surface area contributed by atoms with Gasteiger partial charge in [0.1, 0.15) is 11.5 Å². The minimum atomic E-state index is -0.338. The molecule has 0 aliphatic carbocycles. The van der Waals surface area contributed by atoms with E-state index in [4.69, 9.17) is 9.47 Å². The molecule has 0 aliphatic rings. The van der Waals surface area contributed by atoms with Crippen LogP contribution in [0.4, 0.5) is 0 Å². The lowest BCUT2D eigenvalue weighted by Crippen LogP contribution is -2.08. The van der Waals surface area contributed by atoms with E-state index in [0.29, 0.717) is 17.2 Å². The van der Waals surface area contributed by atoms with Gasteiger partial charge in [-0.25, -0.2) is 4.79 Å². The number of unbranched alkanes of at least 4 members (excludes halogenated alkanes) is 8. The molecule has 1 atom stereocenters. The maximum atomic E-state index is 12.7. The number of hydrogen-bond donors (Lipinski definition) is 0. The van der Waals surface area contributed by atoms with Gasteiger partial charge in [-0.05, 0) is 71.8 Å². The first kappa shape index (κ1) is 29.5. The normalized spacial score (nSPS) is 11.8. The van der Waals surface area contributed by atoms with E-state index in [-0.39, 0.29) is 5.97 Å². The Balaban J connectivity index is 1.45. The van der Waals surface area contributed by atoms with Crippen molar-refractivity contribution >= 4 is 5.97 Å². The Morgan fingerprint density at radius 1 is 0.632 bits per heavy atom. The highest BCUT2D eigenvalue weighted by Crippen LogP contribution is 2.26. The van der Waals surface area contributed by atoms with Gasteiger partial charge in [0, 0.05) is 0 Å². The van der Waals surface area contributed by atoms with Crippen LogP contribution in [0.3, 0.4) is 0 Å². The quantitative estimate of drug-likeness (QED) is 0.102. The van der Waals surface area contributed by atoms with Crippen molar-refractivity contribution in [3.05, 3.63) is 83.9 Å². The molecule has 3 nitrogen and oxygen atoms in total. The number of ether oxygens (including phenoxy) is 2. The van der Waals surface area contributed by atoms with Crippen molar-refractivity contribution in [1.29, 1.82) is 0 Å². The second kappa shape index (κ2) is 16.7. The van der Waals surface area contributed by atoms with Crippen LogP contribution < -0.4 is 9.47 Å². The fourth-order valence-corrected chi connectivity index (χ4v) is 4.69. The molecule has 3 aromatic rings. The molecular formula is C35H46O3. The van der Waals surface area contributed by atoms with Gasteiger partial charge in [0.05, 0.1) is 12.2 Å². The second-order valence-electron chi connectivity index (χ2n) is 10.4. The molecule has 0 bridgehead atoms. The molecule has 0 heterocycles. The highest BCUT2D eigenvalue weighted by molar-refractivity contribution is 5.91. The molecule has 0 saturated heterocycles. The summed E-state index contributed by atoms with van der Waals surface area (Å²) in [6, 6.07) is 23.7. The van der Waals surface area contributed by atoms with E-state index in [9.17, 15) is 4.79 Å². The van der Waals surface area contributed by atoms with Crippen molar-refractivity contribution in [1.82, 2.24) is 0 Å². The summed E-state index contributed by atoms with van der Waals surface area (Å²) in [5.41, 5.74) is 3.99. The van der Waals surface area contributed by atoms with E-state index in [1.165, 1.54) is 69.8 Å². The smallest absolute Gasteiger partial charge is 0.343 e. The van der Waals surface area contributed by atoms with Crippen molar-refractivity contribution in [2.75, 3.05) is 6.61 Å². The summed E-state index contributed by atoms with van der Waals surface area (Å²) >= 11 is 0. The fourth-order valence-electron chi connectivity index (χ4n) is 4.69. The molecule has 0 N–H and O–H groups in total. The topological polar surface area (TPSA) is 35.5 Å². The molecule has 0 amide bonds. The molecule has 38 heavy (non-hydrogen) atoms. The largest absolute Gasteiger partial charge is 0.494 e. The van der Waals surface area contributed by atoms with E-state index in [1.54, 1.807) is 0 Å². The highest BCUT2D eigenvalue weighted by Gasteiger charge is 2.11. The first-order valence-electron chi connectivity index (χ1n) is 14.8. The predicted octanol–water partition coefficient (Wildman–Crippen LogP) is 10.4. The zero-order chi connectivity index (χ0) is 27.0. The molecule has 0 spiro atoms. The van der Waals surface area contributed by atoms with Gasteiger partial charge in [-0.3, -0.25) is 0 Å². The summed E-state index contributed by atoms with van der Waals surface area (Å²) in [4.78, 5) is 12.7. The fraction of sp³-hybridized carbons (Fsp3) is 0.457. The third kappa shape index (κ3) is 10.0. The van der Waals surface area contributed by atoms with Crippen LogP contribution in [0.1, 0.15) is 113 Å². The van der Waals surface area contributed by atoms with Crippen LogP contribution in [-0.4, -0.2) is 12.6 Å². The molecule has 3 rings (SSSR count). The number of hydrogen-bond acceptors (Lipinski definition) is 3. The van der Waals surface area contributed by atoms with Crippen LogP contribution in [0.25, 0.3) is 11.1 Å². The molecule has 0 aromatic heterocycles. The van der Waals surface area contributed by atoms with E-state index < -0.39 is 0 Å². The van der Waals surface area contributed by atoms with Crippen LogP contribution in [0, 0.1) is 0 Å². The predicted molar refractivity (Wildman–Crippen MR) is 159 cm³/mol. The molecule has 3 heteroatoms. The van der Waals surface area contributed by atoms with Gasteiger partial charge in [0.15, 0.2) is 0 Å². The molecule has 0 aliphatic heterocycles. The summed E-state index contributed by atoms with van der Waals surface area (Å²) in [6.45, 7) is 7.52. The minimum Gasteiger partial charge on any atom is -0.494 e. The minimum absolute atomic E-state index is 0.338. The highest BCUT2D eigenvalue weighted by atomic mass is 16.5. The van der Waals surface area contributed by atoms with Gasteiger partial charge in [0.25, 0.3) is 0 Å². The van der Waals surface area contributed by atoms with Crippen LogP contribution >= 0.6 is 0 Å². The third-order valence-electron chi connectivity index (χ3n) is 7.23. The average Bonchev–Trinajstić information content (AvgIpc) is 2.95. The zero-order valence-electron chi connectivity index (χ0n) is 23.7. The lowest BCUT2D eigenvalue weighted by Gasteiger charge is -2.12. The van der Waals surface area contributed by atoms with Gasteiger partial charge < -0.3 is 9.47 Å². The zero-order valence-corrected chi connectivity index (χ0v) is 23.7. The lowest BCUT2D eigenvalue weighted by molar-refractivity contribution is 0.0734. The van der Waals surface area contributed by atoms with Crippen molar-refractivity contribution < 1.29 is 14.3 Å². The first-order chi connectivity index (χ1) is 18.6. The number of benzene rings is 3. The van der Waals surface area contributed by atoms with Crippen LogP contribution in [0.15, 0.2) is 72.8 Å². The van der Waals surface area contributed by atoms with Gasteiger partial charge in [0.2, 0.25) is 0 Å². The van der Waals surface area contributed by atoms with Crippen molar-refractivity contribution in [2.24, 2.45) is 0 Å². The summed E-state index contributed by atoms with van der Waals surface area (Å²) in [6.07, 6.45) is 13.9. The first-order valence-corrected chi connectivity index (χ1v) is 14.8. The number of esters is 1. The van der Waals surface area contributed by atoms with Crippen molar-refractivity contribution in [3.63, 3.8) is 0 Å². The summed E-state index contributed by atoms with van der Waals surface area (Å²) in [7, 11) is 0. The number of carbonyl (C=O) groups excluding carboxylic acids is 1. The van der Waals surface area contributed by atoms with Crippen molar-refractivity contribution in [2.45, 2.75) is 97.3 Å². The van der Waals surface area contributed by atoms with E-state index in [2.05, 4.69) is 45.0 Å². The summed E-state index contributed by atoms with van der Waals surface area (Å²) < 4.78 is 11.5. The summed E-state index contributed by atoms with van der Waals surface area (Å²) in [5.74, 6) is 1.66. The molecule has 0 radical (unpaired) electrons. The Morgan fingerprint density at radius 3 is 1.79 bits per heavy atom. The van der Waals surface area contributed by atoms with Gasteiger partial charge in [-0.15, -0.1) is 0 Å². The Bertz CT molecular complexity index is 1050. The Morgan fingerprint density at radius 2 is 1.16 bits per heavy atom. The maximum absolute atomic E-state index is 12.7. The van der Waals surface area contributed by atoms with Gasteiger partial charge in [-0.1, -0.05) is 115 Å². The Hall–Kier alpha value is -3.07. The van der Waals surface area contributed by atoms with Crippen molar-refractivity contribution in [3.8, 4) is 22.6 Å². The van der Waals surface area contributed by atoms with Gasteiger partial charge in [-0.2, -0.15) is 0 Å². The third-order valence-corrected chi connectivity index (χ3v) is 7.23. The lowest BCUT2D eigenvalue weighted by atomic mass is 9.95. The average molecular weight is 515 g/mol. The van der Waals surface area contributed by atoms with E-state index in [0.717, 1.165) is 29.9 Å². The van der Waals surface area contributed by atoms with Crippen LogP contribution in [-0.2, 0) is 0 Å². The molecule has 3 aromatic carbocycles. The molecule has 0 fully saturated rings. The number of carbonyl (C=O) groups is 1. The van der Waals surface area contributed by atoms with E-state index >= 15 is 0 Å². The monoisotopic (exact) mass is 514 g/mol. The Labute approximate surface area is 230 Å². The Kier molecular flexibility index (Phi) is 13.0. The van der Waals surface area contributed by atoms with Crippen LogP contribution in [0.2, 0.25) is 0 Å². The molecule has 204 valence electrons. The van der Waals surface area contributed by atoms with E-state index in [1.807, 2.05) is 48.5 Å². The van der Waals surface area contributed by atoms with Crippen LogP contribution in [0.5, 0.6) is 11.5 Å². The standard InChI is InChI=1S/C35H46O3/c1-4-6-8-10-11-13-27-37-33-23-21-31(22-24-33)30-15-17-32(18-16-30)35(36)38-34-25-19-29(20-26-34)28(3)14-12-9-7-5-2/h15-26,28H,4-14,27H2,1-3H3/t28-/m0/s1. The number of rotatable bonds is 17. The summed E-state index contributed by atoms with van der Waals surface area (Å²) in [5, 5.41) is 0. The second-order valence-corrected chi connectivity index (χ2v) is 10.4. The molecule has 0 saturated carbocycles. The maximum Gasteiger partial charge on any atom is 0.343 e. The molecular weight excluding hydrogens is 468 g/mol. The SMILES string of the molecule is CCCCCCCCOc1ccc(-c2ccc(C(=O)Oc3ccc([C@@H](C)CCCCCC)cc3)cc2)cc1. The molecule has 0 unspecified atom stereocenters.